The Morgan fingerprint density at radius 1 is 1.21 bits per heavy atom. The van der Waals surface area contributed by atoms with Gasteiger partial charge in [-0.3, -0.25) is 4.79 Å². The predicted octanol–water partition coefficient (Wildman–Crippen LogP) is 2.87. The zero-order valence-electron chi connectivity index (χ0n) is 10.1. The van der Waals surface area contributed by atoms with Gasteiger partial charge in [0.25, 0.3) is 5.91 Å². The van der Waals surface area contributed by atoms with E-state index in [1.807, 2.05) is 0 Å². The summed E-state index contributed by atoms with van der Waals surface area (Å²) < 4.78 is 0.777. The van der Waals surface area contributed by atoms with Crippen molar-refractivity contribution in [3.8, 4) is 5.75 Å². The number of aromatic hydroxyl groups is 1. The van der Waals surface area contributed by atoms with Gasteiger partial charge in [0, 0.05) is 16.6 Å². The van der Waals surface area contributed by atoms with Gasteiger partial charge in [0.1, 0.15) is 5.75 Å². The van der Waals surface area contributed by atoms with Crippen LogP contribution in [0.4, 0.5) is 5.69 Å². The first-order chi connectivity index (χ1) is 9.10. The molecule has 0 radical (unpaired) electrons. The maximum absolute atomic E-state index is 12.0. The van der Waals surface area contributed by atoms with Crippen molar-refractivity contribution < 1.29 is 9.90 Å². The highest BCUT2D eigenvalue weighted by Gasteiger charge is 2.09. The summed E-state index contributed by atoms with van der Waals surface area (Å²) in [5.74, 6) is -0.257. The van der Waals surface area contributed by atoms with E-state index in [-0.39, 0.29) is 11.7 Å². The fraction of sp³-hybridized carbons (Fsp3) is 0.0714. The molecule has 5 heteroatoms. The zero-order chi connectivity index (χ0) is 13.8. The number of halogens is 1. The average molecular weight is 321 g/mol. The lowest BCUT2D eigenvalue weighted by Gasteiger charge is -2.08. The molecule has 1 amide bonds. The molecule has 0 saturated heterocycles. The van der Waals surface area contributed by atoms with Crippen LogP contribution in [0.1, 0.15) is 15.9 Å². The molecule has 4 N–H and O–H groups in total. The molecule has 19 heavy (non-hydrogen) atoms. The van der Waals surface area contributed by atoms with Crippen molar-refractivity contribution >= 4 is 27.5 Å². The summed E-state index contributed by atoms with van der Waals surface area (Å²) in [6.07, 6.45) is 0. The van der Waals surface area contributed by atoms with Crippen molar-refractivity contribution in [1.29, 1.82) is 0 Å². The molecule has 0 aliphatic carbocycles. The molecule has 4 nitrogen and oxygen atoms in total. The highest BCUT2D eigenvalue weighted by molar-refractivity contribution is 9.10. The smallest absolute Gasteiger partial charge is 0.255 e. The Kier molecular flexibility index (Phi) is 4.19. The molecule has 2 rings (SSSR count). The van der Waals surface area contributed by atoms with E-state index in [0.717, 1.165) is 10.0 Å². The first-order valence-electron chi connectivity index (χ1n) is 5.69. The lowest BCUT2D eigenvalue weighted by molar-refractivity contribution is 0.102. The van der Waals surface area contributed by atoms with Gasteiger partial charge >= 0.3 is 0 Å². The van der Waals surface area contributed by atoms with Gasteiger partial charge in [-0.05, 0) is 35.9 Å². The number of benzene rings is 2. The largest absolute Gasteiger partial charge is 0.506 e. The molecular formula is C14H13BrN2O2. The van der Waals surface area contributed by atoms with Crippen molar-refractivity contribution in [2.75, 3.05) is 5.32 Å². The van der Waals surface area contributed by atoms with Gasteiger partial charge < -0.3 is 16.2 Å². The average Bonchev–Trinajstić information content (AvgIpc) is 2.43. The topological polar surface area (TPSA) is 75.4 Å². The van der Waals surface area contributed by atoms with Crippen LogP contribution in [0, 0.1) is 0 Å². The van der Waals surface area contributed by atoms with Gasteiger partial charge in [-0.25, -0.2) is 0 Å². The van der Waals surface area contributed by atoms with Crippen LogP contribution in [0.2, 0.25) is 0 Å². The van der Waals surface area contributed by atoms with Gasteiger partial charge in [-0.1, -0.05) is 28.1 Å². The van der Waals surface area contributed by atoms with Gasteiger partial charge in [0.05, 0.1) is 5.69 Å². The second kappa shape index (κ2) is 5.86. The molecule has 0 heterocycles. The standard InChI is InChI=1S/C14H13BrN2O2/c15-11-5-6-13(18)12(7-11)17-14(19)10-3-1-9(8-16)2-4-10/h1-7,18H,8,16H2,(H,17,19). The molecule has 2 aromatic rings. The Balaban J connectivity index is 2.18. The molecular weight excluding hydrogens is 308 g/mol. The number of hydrogen-bond donors (Lipinski definition) is 3. The first kappa shape index (κ1) is 13.6. The normalized spacial score (nSPS) is 10.2. The number of hydrogen-bond acceptors (Lipinski definition) is 3. The molecule has 0 aliphatic heterocycles. The van der Waals surface area contributed by atoms with E-state index in [4.69, 9.17) is 5.73 Å². The zero-order valence-corrected chi connectivity index (χ0v) is 11.6. The summed E-state index contributed by atoms with van der Waals surface area (Å²) in [6.45, 7) is 0.439. The van der Waals surface area contributed by atoms with E-state index in [0.29, 0.717) is 17.8 Å². The molecule has 0 aromatic heterocycles. The van der Waals surface area contributed by atoms with E-state index in [1.54, 1.807) is 36.4 Å². The lowest BCUT2D eigenvalue weighted by Crippen LogP contribution is -2.12. The minimum absolute atomic E-state index is 0.0233. The molecule has 0 saturated carbocycles. The van der Waals surface area contributed by atoms with Crippen LogP contribution in [0.25, 0.3) is 0 Å². The number of rotatable bonds is 3. The Morgan fingerprint density at radius 3 is 2.53 bits per heavy atom. The third-order valence-electron chi connectivity index (χ3n) is 2.66. The van der Waals surface area contributed by atoms with Crippen molar-refractivity contribution in [2.45, 2.75) is 6.54 Å². The number of phenols is 1. The summed E-state index contributed by atoms with van der Waals surface area (Å²) in [6, 6.07) is 11.9. The van der Waals surface area contributed by atoms with Crippen molar-refractivity contribution in [2.24, 2.45) is 5.73 Å². The minimum Gasteiger partial charge on any atom is -0.506 e. The SMILES string of the molecule is NCc1ccc(C(=O)Nc2cc(Br)ccc2O)cc1. The maximum Gasteiger partial charge on any atom is 0.255 e. The Morgan fingerprint density at radius 2 is 1.89 bits per heavy atom. The number of nitrogens with one attached hydrogen (secondary N) is 1. The van der Waals surface area contributed by atoms with E-state index in [2.05, 4.69) is 21.2 Å². The molecule has 0 spiro atoms. The number of carbonyl (C=O) groups is 1. The fourth-order valence-corrected chi connectivity index (χ4v) is 1.96. The third-order valence-corrected chi connectivity index (χ3v) is 3.15. The van der Waals surface area contributed by atoms with E-state index in [9.17, 15) is 9.90 Å². The maximum atomic E-state index is 12.0. The summed E-state index contributed by atoms with van der Waals surface area (Å²) in [4.78, 5) is 12.0. The van der Waals surface area contributed by atoms with Crippen LogP contribution in [0.5, 0.6) is 5.75 Å². The monoisotopic (exact) mass is 320 g/mol. The molecule has 0 bridgehead atoms. The first-order valence-corrected chi connectivity index (χ1v) is 6.48. The highest BCUT2D eigenvalue weighted by Crippen LogP contribution is 2.27. The number of nitrogens with two attached hydrogens (primary N) is 1. The van der Waals surface area contributed by atoms with Gasteiger partial charge in [0.15, 0.2) is 0 Å². The van der Waals surface area contributed by atoms with Crippen LogP contribution in [0.15, 0.2) is 46.9 Å². The molecule has 0 fully saturated rings. The second-order valence-electron chi connectivity index (χ2n) is 4.02. The Labute approximate surface area is 119 Å². The van der Waals surface area contributed by atoms with Crippen LogP contribution in [-0.2, 0) is 6.54 Å². The van der Waals surface area contributed by atoms with Crippen LogP contribution in [-0.4, -0.2) is 11.0 Å². The Hall–Kier alpha value is -1.85. The lowest BCUT2D eigenvalue weighted by atomic mass is 10.1. The summed E-state index contributed by atoms with van der Waals surface area (Å²) in [5.41, 5.74) is 7.33. The number of amides is 1. The summed E-state index contributed by atoms with van der Waals surface area (Å²) in [5, 5.41) is 12.3. The van der Waals surface area contributed by atoms with Crippen LogP contribution >= 0.6 is 15.9 Å². The highest BCUT2D eigenvalue weighted by atomic mass is 79.9. The van der Waals surface area contributed by atoms with Crippen molar-refractivity contribution in [1.82, 2.24) is 0 Å². The van der Waals surface area contributed by atoms with E-state index >= 15 is 0 Å². The van der Waals surface area contributed by atoms with Crippen LogP contribution in [0.3, 0.4) is 0 Å². The molecule has 0 aliphatic rings. The third kappa shape index (κ3) is 3.33. The van der Waals surface area contributed by atoms with Crippen molar-refractivity contribution in [3.63, 3.8) is 0 Å². The fourth-order valence-electron chi connectivity index (χ4n) is 1.60. The number of anilines is 1. The van der Waals surface area contributed by atoms with Crippen LogP contribution < -0.4 is 11.1 Å². The predicted molar refractivity (Wildman–Crippen MR) is 78.1 cm³/mol. The minimum atomic E-state index is -0.281. The van der Waals surface area contributed by atoms with Gasteiger partial charge in [0.2, 0.25) is 0 Å². The molecule has 0 unspecified atom stereocenters. The van der Waals surface area contributed by atoms with Crippen molar-refractivity contribution in [3.05, 3.63) is 58.1 Å². The molecule has 2 aromatic carbocycles. The van der Waals surface area contributed by atoms with Gasteiger partial charge in [-0.2, -0.15) is 0 Å². The number of carbonyl (C=O) groups excluding carboxylic acids is 1. The summed E-state index contributed by atoms with van der Waals surface area (Å²) >= 11 is 3.29. The Bertz CT molecular complexity index is 597. The van der Waals surface area contributed by atoms with E-state index in [1.165, 1.54) is 6.07 Å². The summed E-state index contributed by atoms with van der Waals surface area (Å²) in [7, 11) is 0. The molecule has 98 valence electrons. The number of phenolic OH excluding ortho intramolecular Hbond substituents is 1. The van der Waals surface area contributed by atoms with Gasteiger partial charge in [-0.15, -0.1) is 0 Å². The molecule has 0 atom stereocenters. The second-order valence-corrected chi connectivity index (χ2v) is 4.93. The van der Waals surface area contributed by atoms with E-state index < -0.39 is 0 Å². The quantitative estimate of drug-likeness (QED) is 0.761.